The van der Waals surface area contributed by atoms with Crippen LogP contribution in [-0.2, 0) is 46.2 Å². The zero-order valence-electron chi connectivity index (χ0n) is 70.3. The second kappa shape index (κ2) is 32.0. The molecule has 25 heteroatoms. The minimum absolute atomic E-state index is 0. The van der Waals surface area contributed by atoms with Crippen molar-refractivity contribution in [2.75, 3.05) is 20.8 Å². The second-order valence-corrected chi connectivity index (χ2v) is 37.0. The molecule has 8 bridgehead atoms. The minimum Gasteiger partial charge on any atom is -0.573 e. The first-order valence-corrected chi connectivity index (χ1v) is 40.2. The molecule has 8 aliphatic carbocycles. The summed E-state index contributed by atoms with van der Waals surface area (Å²) in [4.78, 5) is 103. The van der Waals surface area contributed by atoms with E-state index in [1.807, 2.05) is 34.6 Å². The number of halogens is 1. The quantitative estimate of drug-likeness (QED) is 0.0475. The molecular weight excluding hydrogens is 1620 g/mol. The van der Waals surface area contributed by atoms with Crippen LogP contribution < -0.4 is 10.2 Å². The molecule has 0 spiro atoms. The standard InChI is InChI=1S/C19H25N3.2C18H23N4.C18H24N2O2.C9H12N2O2.C6H5ClN2O2.Pt/c1-11(2)14-8-15(22-10-21-14)12-9-20-17-16(12)13-6-7-19(17,5)18(13,3)4;2*1-10(2)12-8-13(20-9-19-12)15-14-11-6-7-18(5,17(11,3)4)16(14)22-21-15;1-10(2)12-8-13(20-9-19-12)15(21)14-11-6-7-18(5,16(14)22)17(11,3)4;1-6(2)7-4-8(9(12)13-3)11-5-10-7;1-11-6(10)4-2-5(7)9-3-8-4;/h8,10-11,13H,6-7,9H2,1-5H3;2*8-11H,6-7H2,1-5H3;8-11,14H,6-7H2,1-5H3;4-6H,1-3H3;2-3H,1H3;/q;2*-1;;;;+2. The normalized spacial score (nSPS) is 25.7. The SMILES string of the molecule is CC(C)c1cc(-c2[n-]nc3c2C2CCC3(C)C2(C)C)ncn1.CC(C)c1cc(-c2[n-]nc3c2C2CCC3(C)C2(C)C)ncn1.CC(C)c1cc(C(=O)C2C(=O)C3(C)CCC2C3(C)C)ncn1.CC(C)c1cc(C2=C3C(=NC2)C2(C)CCC3C2(C)C)ncn1.COC(=O)c1cc(C(C)C)ncn1.COC(=O)c1cc(Cl)ncn1.[Pt+2]. The summed E-state index contributed by atoms with van der Waals surface area (Å²) < 4.78 is 8.95. The third-order valence-electron chi connectivity index (χ3n) is 28.5. The monoisotopic (exact) mass is 1730 g/mol. The van der Waals surface area contributed by atoms with E-state index in [2.05, 4.69) is 226 Å². The molecule has 0 saturated heterocycles. The Kier molecular flexibility index (Phi) is 24.2. The summed E-state index contributed by atoms with van der Waals surface area (Å²) in [5.41, 5.74) is 21.1. The third-order valence-corrected chi connectivity index (χ3v) is 28.7. The van der Waals surface area contributed by atoms with Gasteiger partial charge in [0.2, 0.25) is 0 Å². The van der Waals surface area contributed by atoms with Crippen molar-refractivity contribution in [1.82, 2.24) is 80.2 Å². The van der Waals surface area contributed by atoms with Crippen molar-refractivity contribution < 1.29 is 49.7 Å². The number of aromatic nitrogens is 16. The smallest absolute Gasteiger partial charge is 0.573 e. The van der Waals surface area contributed by atoms with Gasteiger partial charge in [0, 0.05) is 78.9 Å². The Morgan fingerprint density at radius 3 is 1.22 bits per heavy atom. The van der Waals surface area contributed by atoms with Crippen molar-refractivity contribution in [1.29, 1.82) is 0 Å². The largest absolute Gasteiger partial charge is 2.00 e. The van der Waals surface area contributed by atoms with Gasteiger partial charge in [-0.15, -0.1) is 0 Å². The molecule has 8 aromatic rings. The van der Waals surface area contributed by atoms with Gasteiger partial charge in [-0.2, -0.15) is 0 Å². The van der Waals surface area contributed by atoms with Crippen LogP contribution >= 0.6 is 11.6 Å². The van der Waals surface area contributed by atoms with E-state index >= 15 is 0 Å². The predicted octanol–water partition coefficient (Wildman–Crippen LogP) is 17.6. The Bertz CT molecular complexity index is 4870. The van der Waals surface area contributed by atoms with Crippen LogP contribution in [0.25, 0.3) is 28.3 Å². The van der Waals surface area contributed by atoms with Gasteiger partial charge in [0.1, 0.15) is 54.6 Å². The van der Waals surface area contributed by atoms with Gasteiger partial charge in [0.15, 0.2) is 17.2 Å². The number of hydrogen-bond donors (Lipinski definition) is 0. The maximum atomic E-state index is 12.9. The fourth-order valence-electron chi connectivity index (χ4n) is 19.6. The van der Waals surface area contributed by atoms with Crippen LogP contribution in [0, 0.1) is 50.2 Å². The number of carbonyl (C=O) groups excluding carboxylic acids is 4. The van der Waals surface area contributed by atoms with Gasteiger partial charge in [-0.05, 0) is 173 Å². The van der Waals surface area contributed by atoms with Crippen molar-refractivity contribution in [3.05, 3.63) is 159 Å². The Morgan fingerprint density at radius 1 is 0.434 bits per heavy atom. The third kappa shape index (κ3) is 14.6. The molecule has 8 aromatic heterocycles. The van der Waals surface area contributed by atoms with E-state index in [4.69, 9.17) is 16.6 Å². The topological polar surface area (TPSA) is 308 Å². The van der Waals surface area contributed by atoms with Crippen LogP contribution in [0.4, 0.5) is 0 Å². The Balaban J connectivity index is 0.000000136. The second-order valence-electron chi connectivity index (χ2n) is 36.6. The summed E-state index contributed by atoms with van der Waals surface area (Å²) in [5, 5.41) is 18.4. The van der Waals surface area contributed by atoms with E-state index in [9.17, 15) is 19.2 Å². The first-order chi connectivity index (χ1) is 52.7. The van der Waals surface area contributed by atoms with Crippen LogP contribution in [-0.4, -0.2) is 120 Å². The summed E-state index contributed by atoms with van der Waals surface area (Å²) in [6, 6.07) is 11.1. The Hall–Kier alpha value is -8.43. The first kappa shape index (κ1) is 85.5. The van der Waals surface area contributed by atoms with Crippen molar-refractivity contribution >= 4 is 46.4 Å². The number of Topliss-reactive ketones (excluding diaryl/α,β-unsaturated/α-hetero) is 2. The van der Waals surface area contributed by atoms with E-state index < -0.39 is 17.9 Å². The number of carbonyl (C=O) groups is 4. The Morgan fingerprint density at radius 2 is 0.796 bits per heavy atom. The number of fused-ring (bicyclic) bond motifs is 17. The predicted molar refractivity (Wildman–Crippen MR) is 431 cm³/mol. The summed E-state index contributed by atoms with van der Waals surface area (Å²) in [5.74, 6) is 2.15. The van der Waals surface area contributed by atoms with E-state index in [0.29, 0.717) is 52.3 Å². The van der Waals surface area contributed by atoms with E-state index in [-0.39, 0.29) is 99.1 Å². The number of nitrogens with zero attached hydrogens (tertiary/aromatic N) is 17. The molecule has 0 radical (unpaired) electrons. The average molecular weight is 1730 g/mol. The molecule has 6 saturated carbocycles. The van der Waals surface area contributed by atoms with Gasteiger partial charge < -0.3 is 29.9 Å². The zero-order valence-corrected chi connectivity index (χ0v) is 73.3. The number of ether oxygens (including phenoxy) is 2. The molecule has 9 heterocycles. The summed E-state index contributed by atoms with van der Waals surface area (Å²) >= 11 is 5.49. The molecular formula is C88H112ClN17O6Pt. The maximum Gasteiger partial charge on any atom is 2.00 e. The van der Waals surface area contributed by atoms with Gasteiger partial charge >= 0.3 is 33.0 Å². The molecule has 6 fully saturated rings. The number of aliphatic imine (C=N–C) groups is 1. The van der Waals surface area contributed by atoms with Gasteiger partial charge in [0.25, 0.3) is 0 Å². The molecule has 113 heavy (non-hydrogen) atoms. The van der Waals surface area contributed by atoms with Gasteiger partial charge in [-0.3, -0.25) is 14.6 Å². The van der Waals surface area contributed by atoms with Crippen molar-refractivity contribution in [2.24, 2.45) is 55.2 Å². The molecule has 9 unspecified atom stereocenters. The number of allylic oxidation sites excluding steroid dienone is 1. The minimum atomic E-state index is -0.524. The van der Waals surface area contributed by atoms with Gasteiger partial charge in [-0.25, -0.2) is 69.4 Å². The van der Waals surface area contributed by atoms with Gasteiger partial charge in [-0.1, -0.05) is 175 Å². The molecule has 17 rings (SSSR count). The van der Waals surface area contributed by atoms with Crippen molar-refractivity contribution in [3.8, 4) is 22.8 Å². The summed E-state index contributed by atoms with van der Waals surface area (Å²) in [6.07, 6.45) is 18.4. The number of esters is 2. The van der Waals surface area contributed by atoms with E-state index in [1.54, 1.807) is 31.1 Å². The number of hydrogen-bond acceptors (Lipinski definition) is 21. The molecule has 9 aliphatic rings. The maximum absolute atomic E-state index is 12.9. The van der Waals surface area contributed by atoms with Crippen LogP contribution in [0.5, 0.6) is 0 Å². The molecule has 0 N–H and O–H groups in total. The molecule has 1 aliphatic heterocycles. The molecule has 0 amide bonds. The van der Waals surface area contributed by atoms with Crippen LogP contribution in [0.15, 0.2) is 84.9 Å². The molecule has 9 atom stereocenters. The summed E-state index contributed by atoms with van der Waals surface area (Å²) in [6.45, 7) is 49.7. The van der Waals surface area contributed by atoms with Crippen LogP contribution in [0.2, 0.25) is 5.15 Å². The van der Waals surface area contributed by atoms with Gasteiger partial charge in [0.05, 0.1) is 43.8 Å². The summed E-state index contributed by atoms with van der Waals surface area (Å²) in [7, 11) is 2.61. The van der Waals surface area contributed by atoms with Crippen LogP contribution in [0.1, 0.15) is 333 Å². The first-order valence-electron chi connectivity index (χ1n) is 39.9. The number of ketones is 2. The zero-order chi connectivity index (χ0) is 81.5. The molecule has 602 valence electrons. The fourth-order valence-corrected chi connectivity index (χ4v) is 19.8. The van der Waals surface area contributed by atoms with Crippen molar-refractivity contribution in [3.63, 3.8) is 0 Å². The average Bonchev–Trinajstić information content (AvgIpc) is 1.29. The fraction of sp³-hybridized carbons (Fsp3) is 0.580. The van der Waals surface area contributed by atoms with E-state index in [0.717, 1.165) is 76.3 Å². The molecule has 0 aromatic carbocycles. The molecule has 23 nitrogen and oxygen atoms in total. The van der Waals surface area contributed by atoms with E-state index in [1.165, 1.54) is 117 Å². The number of methoxy groups -OCH3 is 2. The van der Waals surface area contributed by atoms with Crippen LogP contribution in [0.3, 0.4) is 0 Å². The Labute approximate surface area is 685 Å². The van der Waals surface area contributed by atoms with Crippen molar-refractivity contribution in [2.45, 2.75) is 256 Å². The number of rotatable bonds is 12.